The molecule has 3 rings (SSSR count). The molecule has 0 spiro atoms. The summed E-state index contributed by atoms with van der Waals surface area (Å²) in [7, 11) is 0. The third-order valence-corrected chi connectivity index (χ3v) is 4.36. The van der Waals surface area contributed by atoms with E-state index in [2.05, 4.69) is 5.32 Å². The molecule has 2 saturated carbocycles. The smallest absolute Gasteiger partial charge is 0.422 e. The van der Waals surface area contributed by atoms with Crippen molar-refractivity contribution in [2.45, 2.75) is 37.9 Å². The molecule has 3 atom stereocenters. The second-order valence-corrected chi connectivity index (χ2v) is 5.83. The van der Waals surface area contributed by atoms with E-state index < -0.39 is 12.8 Å². The summed E-state index contributed by atoms with van der Waals surface area (Å²) in [6, 6.07) is 7.26. The lowest BCUT2D eigenvalue weighted by Gasteiger charge is -2.25. The van der Waals surface area contributed by atoms with Gasteiger partial charge in [-0.1, -0.05) is 18.6 Å². The number of para-hydroxylation sites is 2. The van der Waals surface area contributed by atoms with Crippen molar-refractivity contribution in [2.24, 2.45) is 11.8 Å². The van der Waals surface area contributed by atoms with Crippen LogP contribution in [0.1, 0.15) is 25.7 Å². The molecule has 1 aromatic carbocycles. The molecule has 0 aliphatic heterocycles. The Hall–Kier alpha value is -1.39. The Morgan fingerprint density at radius 3 is 2.60 bits per heavy atom. The topological polar surface area (TPSA) is 21.3 Å². The number of anilines is 1. The Labute approximate surface area is 116 Å². The zero-order valence-corrected chi connectivity index (χ0v) is 11.1. The molecule has 0 heterocycles. The summed E-state index contributed by atoms with van der Waals surface area (Å²) in [5, 5.41) is 3.38. The van der Waals surface area contributed by atoms with Crippen LogP contribution in [0.2, 0.25) is 0 Å². The first-order chi connectivity index (χ1) is 9.51. The Balaban J connectivity index is 1.67. The molecule has 1 aromatic rings. The molecule has 0 amide bonds. The van der Waals surface area contributed by atoms with Crippen LogP contribution in [0, 0.1) is 11.8 Å². The van der Waals surface area contributed by atoms with Crippen molar-refractivity contribution in [1.82, 2.24) is 0 Å². The molecule has 2 fully saturated rings. The maximum Gasteiger partial charge on any atom is 0.422 e. The minimum absolute atomic E-state index is 0.285. The third-order valence-electron chi connectivity index (χ3n) is 4.36. The number of alkyl halides is 3. The third kappa shape index (κ3) is 3.02. The summed E-state index contributed by atoms with van der Waals surface area (Å²) in [4.78, 5) is 0. The van der Waals surface area contributed by atoms with Gasteiger partial charge in [-0.05, 0) is 43.2 Å². The second kappa shape index (κ2) is 5.19. The van der Waals surface area contributed by atoms with Crippen molar-refractivity contribution in [3.63, 3.8) is 0 Å². The summed E-state index contributed by atoms with van der Waals surface area (Å²) in [6.45, 7) is -1.25. The van der Waals surface area contributed by atoms with Crippen LogP contribution in [-0.2, 0) is 0 Å². The number of ether oxygens (including phenoxy) is 1. The van der Waals surface area contributed by atoms with E-state index >= 15 is 0 Å². The predicted octanol–water partition coefficient (Wildman–Crippen LogP) is 4.23. The lowest BCUT2D eigenvalue weighted by Crippen LogP contribution is -2.26. The fourth-order valence-corrected chi connectivity index (χ4v) is 3.49. The van der Waals surface area contributed by atoms with Gasteiger partial charge in [0.05, 0.1) is 5.69 Å². The van der Waals surface area contributed by atoms with Gasteiger partial charge in [0.2, 0.25) is 0 Å². The van der Waals surface area contributed by atoms with E-state index in [-0.39, 0.29) is 5.75 Å². The molecule has 20 heavy (non-hydrogen) atoms. The van der Waals surface area contributed by atoms with Crippen molar-refractivity contribution < 1.29 is 17.9 Å². The van der Waals surface area contributed by atoms with Gasteiger partial charge in [-0.2, -0.15) is 13.2 Å². The zero-order chi connectivity index (χ0) is 14.2. The predicted molar refractivity (Wildman–Crippen MR) is 70.9 cm³/mol. The summed E-state index contributed by atoms with van der Waals surface area (Å²) < 4.78 is 41.7. The van der Waals surface area contributed by atoms with Gasteiger partial charge in [0.25, 0.3) is 0 Å². The second-order valence-electron chi connectivity index (χ2n) is 5.83. The largest absolute Gasteiger partial charge is 0.482 e. The number of rotatable bonds is 4. The molecule has 1 N–H and O–H groups in total. The Morgan fingerprint density at radius 1 is 1.15 bits per heavy atom. The average Bonchev–Trinajstić information content (AvgIpc) is 2.99. The molecular weight excluding hydrogens is 267 g/mol. The molecule has 0 radical (unpaired) electrons. The molecular formula is C15H18F3NO. The van der Waals surface area contributed by atoms with Crippen LogP contribution >= 0.6 is 0 Å². The van der Waals surface area contributed by atoms with E-state index in [9.17, 15) is 13.2 Å². The van der Waals surface area contributed by atoms with Gasteiger partial charge in [-0.15, -0.1) is 0 Å². The highest BCUT2D eigenvalue weighted by atomic mass is 19.4. The maximum absolute atomic E-state index is 12.3. The van der Waals surface area contributed by atoms with E-state index in [1.165, 1.54) is 19.3 Å². The van der Waals surface area contributed by atoms with Crippen molar-refractivity contribution in [3.8, 4) is 5.75 Å². The average molecular weight is 285 g/mol. The van der Waals surface area contributed by atoms with Gasteiger partial charge in [-0.25, -0.2) is 0 Å². The zero-order valence-electron chi connectivity index (χ0n) is 11.1. The molecule has 0 saturated heterocycles. The van der Waals surface area contributed by atoms with Crippen molar-refractivity contribution in [1.29, 1.82) is 0 Å². The number of hydrogen-bond acceptors (Lipinski definition) is 2. The fraction of sp³-hybridized carbons (Fsp3) is 0.600. The van der Waals surface area contributed by atoms with Gasteiger partial charge in [0.1, 0.15) is 5.75 Å². The first-order valence-corrected chi connectivity index (χ1v) is 7.06. The number of halogens is 3. The first kappa shape index (κ1) is 13.6. The van der Waals surface area contributed by atoms with Crippen LogP contribution in [0.4, 0.5) is 18.9 Å². The van der Waals surface area contributed by atoms with Crippen LogP contribution in [-0.4, -0.2) is 18.8 Å². The Bertz CT molecular complexity index is 474. The maximum atomic E-state index is 12.3. The normalized spacial score (nSPS) is 28.6. The highest BCUT2D eigenvalue weighted by Gasteiger charge is 2.39. The van der Waals surface area contributed by atoms with Crippen LogP contribution in [0.5, 0.6) is 5.75 Å². The number of fused-ring (bicyclic) bond motifs is 2. The minimum Gasteiger partial charge on any atom is -0.482 e. The number of benzene rings is 1. The van der Waals surface area contributed by atoms with Crippen molar-refractivity contribution in [2.75, 3.05) is 11.9 Å². The van der Waals surface area contributed by atoms with Crippen molar-refractivity contribution in [3.05, 3.63) is 24.3 Å². The standard InChI is InChI=1S/C15H18F3NO/c16-15(17,18)9-20-14-4-2-1-3-12(14)19-13-8-10-5-6-11(13)7-10/h1-4,10-11,13,19H,5-9H2. The molecule has 2 nitrogen and oxygen atoms in total. The van der Waals surface area contributed by atoms with E-state index in [4.69, 9.17) is 4.74 Å². The SMILES string of the molecule is FC(F)(F)COc1ccccc1NC1CC2CCC1C2. The quantitative estimate of drug-likeness (QED) is 0.894. The Morgan fingerprint density at radius 2 is 1.95 bits per heavy atom. The lowest BCUT2D eigenvalue weighted by molar-refractivity contribution is -0.153. The lowest BCUT2D eigenvalue weighted by atomic mass is 9.95. The minimum atomic E-state index is -4.31. The van der Waals surface area contributed by atoms with E-state index in [1.54, 1.807) is 18.2 Å². The Kier molecular flexibility index (Phi) is 3.52. The van der Waals surface area contributed by atoms with Gasteiger partial charge in [0, 0.05) is 6.04 Å². The number of hydrogen-bond donors (Lipinski definition) is 1. The summed E-state index contributed by atoms with van der Waals surface area (Å²) >= 11 is 0. The van der Waals surface area contributed by atoms with E-state index in [1.807, 2.05) is 6.07 Å². The molecule has 2 aliphatic rings. The number of nitrogens with one attached hydrogen (secondary N) is 1. The summed E-state index contributed by atoms with van der Waals surface area (Å²) in [5.74, 6) is 1.74. The highest BCUT2D eigenvalue weighted by molar-refractivity contribution is 5.57. The van der Waals surface area contributed by atoms with Gasteiger partial charge in [0.15, 0.2) is 6.61 Å². The van der Waals surface area contributed by atoms with Gasteiger partial charge >= 0.3 is 6.18 Å². The molecule has 2 aliphatic carbocycles. The van der Waals surface area contributed by atoms with Crippen molar-refractivity contribution >= 4 is 5.69 Å². The fourth-order valence-electron chi connectivity index (χ4n) is 3.49. The molecule has 0 aromatic heterocycles. The van der Waals surface area contributed by atoms with Crippen LogP contribution < -0.4 is 10.1 Å². The van der Waals surface area contributed by atoms with E-state index in [0.29, 0.717) is 17.6 Å². The molecule has 5 heteroatoms. The van der Waals surface area contributed by atoms with Gasteiger partial charge < -0.3 is 10.1 Å². The van der Waals surface area contributed by atoms with Crippen LogP contribution in [0.25, 0.3) is 0 Å². The van der Waals surface area contributed by atoms with E-state index in [0.717, 1.165) is 12.3 Å². The summed E-state index contributed by atoms with van der Waals surface area (Å²) in [5.41, 5.74) is 0.675. The molecule has 110 valence electrons. The summed E-state index contributed by atoms with van der Waals surface area (Å²) in [6.07, 6.45) is 0.601. The van der Waals surface area contributed by atoms with Crippen LogP contribution in [0.15, 0.2) is 24.3 Å². The van der Waals surface area contributed by atoms with Crippen LogP contribution in [0.3, 0.4) is 0 Å². The highest BCUT2D eigenvalue weighted by Crippen LogP contribution is 2.46. The monoisotopic (exact) mass is 285 g/mol. The first-order valence-electron chi connectivity index (χ1n) is 7.06. The molecule has 3 unspecified atom stereocenters. The van der Waals surface area contributed by atoms with Gasteiger partial charge in [-0.3, -0.25) is 0 Å². The molecule has 2 bridgehead atoms.